The molecule has 0 aromatic heterocycles. The Morgan fingerprint density at radius 1 is 1.43 bits per heavy atom. The van der Waals surface area contributed by atoms with Crippen molar-refractivity contribution in [3.8, 4) is 0 Å². The molecule has 1 N–H and O–H groups in total. The zero-order chi connectivity index (χ0) is 9.97. The van der Waals surface area contributed by atoms with Crippen molar-refractivity contribution in [3.63, 3.8) is 0 Å². The van der Waals surface area contributed by atoms with Crippen LogP contribution in [0.1, 0.15) is 31.4 Å². The SMILES string of the molecule is CC(NCC1CC1)c1ccccc1Cl. The second-order valence-electron chi connectivity index (χ2n) is 4.09. The van der Waals surface area contributed by atoms with Gasteiger partial charge < -0.3 is 5.32 Å². The zero-order valence-electron chi connectivity index (χ0n) is 8.46. The van der Waals surface area contributed by atoms with Crippen molar-refractivity contribution in [1.29, 1.82) is 0 Å². The van der Waals surface area contributed by atoms with Gasteiger partial charge in [0.1, 0.15) is 0 Å². The Morgan fingerprint density at radius 2 is 2.14 bits per heavy atom. The molecule has 0 aliphatic heterocycles. The lowest BCUT2D eigenvalue weighted by molar-refractivity contribution is 0.549. The molecule has 1 unspecified atom stereocenters. The van der Waals surface area contributed by atoms with Gasteiger partial charge in [-0.15, -0.1) is 0 Å². The van der Waals surface area contributed by atoms with Crippen LogP contribution in [0, 0.1) is 5.92 Å². The Bertz CT molecular complexity index is 307. The zero-order valence-corrected chi connectivity index (χ0v) is 9.22. The summed E-state index contributed by atoms with van der Waals surface area (Å²) >= 11 is 6.11. The van der Waals surface area contributed by atoms with Crippen LogP contribution in [-0.4, -0.2) is 6.54 Å². The molecule has 1 atom stereocenters. The van der Waals surface area contributed by atoms with Crippen molar-refractivity contribution < 1.29 is 0 Å². The van der Waals surface area contributed by atoms with E-state index in [4.69, 9.17) is 11.6 Å². The fourth-order valence-corrected chi connectivity index (χ4v) is 1.90. The number of rotatable bonds is 4. The Morgan fingerprint density at radius 3 is 2.79 bits per heavy atom. The van der Waals surface area contributed by atoms with Crippen LogP contribution in [0.5, 0.6) is 0 Å². The molecule has 0 bridgehead atoms. The summed E-state index contributed by atoms with van der Waals surface area (Å²) in [6.45, 7) is 3.30. The number of benzene rings is 1. The fourth-order valence-electron chi connectivity index (χ4n) is 1.60. The summed E-state index contributed by atoms with van der Waals surface area (Å²) in [4.78, 5) is 0. The predicted molar refractivity (Wildman–Crippen MR) is 60.6 cm³/mol. The quantitative estimate of drug-likeness (QED) is 0.802. The van der Waals surface area contributed by atoms with E-state index in [2.05, 4.69) is 18.3 Å². The molecule has 1 aromatic carbocycles. The van der Waals surface area contributed by atoms with Gasteiger partial charge in [0.2, 0.25) is 0 Å². The highest BCUT2D eigenvalue weighted by molar-refractivity contribution is 6.31. The van der Waals surface area contributed by atoms with Gasteiger partial charge in [0.05, 0.1) is 0 Å². The molecule has 1 saturated carbocycles. The van der Waals surface area contributed by atoms with Crippen LogP contribution in [0.15, 0.2) is 24.3 Å². The normalized spacial score (nSPS) is 18.1. The van der Waals surface area contributed by atoms with E-state index < -0.39 is 0 Å². The first-order valence-corrected chi connectivity index (χ1v) is 5.63. The first-order valence-electron chi connectivity index (χ1n) is 5.25. The number of hydrogen-bond donors (Lipinski definition) is 1. The minimum atomic E-state index is 0.365. The molecule has 0 heterocycles. The summed E-state index contributed by atoms with van der Waals surface area (Å²) in [7, 11) is 0. The largest absolute Gasteiger partial charge is 0.310 e. The van der Waals surface area contributed by atoms with Gasteiger partial charge in [0, 0.05) is 11.1 Å². The molecule has 2 heteroatoms. The maximum atomic E-state index is 6.11. The summed E-state index contributed by atoms with van der Waals surface area (Å²) in [6, 6.07) is 8.42. The molecule has 0 amide bonds. The first-order chi connectivity index (χ1) is 6.77. The van der Waals surface area contributed by atoms with Gasteiger partial charge in [-0.1, -0.05) is 29.8 Å². The first kappa shape index (κ1) is 10.0. The van der Waals surface area contributed by atoms with Gasteiger partial charge in [0.15, 0.2) is 0 Å². The molecular formula is C12H16ClN. The Balaban J connectivity index is 1.95. The Labute approximate surface area is 90.5 Å². The van der Waals surface area contributed by atoms with Crippen molar-refractivity contribution in [2.75, 3.05) is 6.54 Å². The number of nitrogens with one attached hydrogen (secondary N) is 1. The van der Waals surface area contributed by atoms with Gasteiger partial charge >= 0.3 is 0 Å². The van der Waals surface area contributed by atoms with Gasteiger partial charge in [0.25, 0.3) is 0 Å². The van der Waals surface area contributed by atoms with E-state index in [0.29, 0.717) is 6.04 Å². The highest BCUT2D eigenvalue weighted by Gasteiger charge is 2.21. The van der Waals surface area contributed by atoms with Gasteiger partial charge in [-0.3, -0.25) is 0 Å². The van der Waals surface area contributed by atoms with E-state index in [1.54, 1.807) is 0 Å². The van der Waals surface area contributed by atoms with E-state index in [9.17, 15) is 0 Å². The molecule has 1 nitrogen and oxygen atoms in total. The van der Waals surface area contributed by atoms with Crippen molar-refractivity contribution >= 4 is 11.6 Å². The molecule has 0 spiro atoms. The highest BCUT2D eigenvalue weighted by atomic mass is 35.5. The molecule has 1 fully saturated rings. The number of halogens is 1. The van der Waals surface area contributed by atoms with Crippen molar-refractivity contribution in [1.82, 2.24) is 5.32 Å². The average Bonchev–Trinajstić information content (AvgIpc) is 2.98. The molecule has 1 aromatic rings. The topological polar surface area (TPSA) is 12.0 Å². The Hall–Kier alpha value is -0.530. The summed E-state index contributed by atoms with van der Waals surface area (Å²) < 4.78 is 0. The van der Waals surface area contributed by atoms with Crippen LogP contribution >= 0.6 is 11.6 Å². The molecule has 2 rings (SSSR count). The van der Waals surface area contributed by atoms with E-state index in [1.807, 2.05) is 18.2 Å². The third-order valence-corrected chi connectivity index (χ3v) is 3.13. The second-order valence-corrected chi connectivity index (χ2v) is 4.50. The summed E-state index contributed by atoms with van der Waals surface area (Å²) in [6.07, 6.45) is 2.78. The maximum absolute atomic E-state index is 6.11. The lowest BCUT2D eigenvalue weighted by Crippen LogP contribution is -2.21. The van der Waals surface area contributed by atoms with Crippen molar-refractivity contribution in [2.24, 2.45) is 5.92 Å². The third kappa shape index (κ3) is 2.49. The standard InChI is InChI=1S/C12H16ClN/c1-9(14-8-10-6-7-10)11-4-2-3-5-12(11)13/h2-5,9-10,14H,6-8H2,1H3. The summed E-state index contributed by atoms with van der Waals surface area (Å²) in [5, 5.41) is 4.38. The van der Waals surface area contributed by atoms with Crippen LogP contribution in [0.2, 0.25) is 5.02 Å². The van der Waals surface area contributed by atoms with Crippen LogP contribution in [0.3, 0.4) is 0 Å². The predicted octanol–water partition coefficient (Wildman–Crippen LogP) is 3.40. The molecular weight excluding hydrogens is 194 g/mol. The average molecular weight is 210 g/mol. The minimum absolute atomic E-state index is 0.365. The molecule has 1 aliphatic rings. The van der Waals surface area contributed by atoms with E-state index in [0.717, 1.165) is 17.5 Å². The van der Waals surface area contributed by atoms with Crippen LogP contribution in [0.4, 0.5) is 0 Å². The lowest BCUT2D eigenvalue weighted by Gasteiger charge is -2.15. The summed E-state index contributed by atoms with van der Waals surface area (Å²) in [5.41, 5.74) is 1.20. The lowest BCUT2D eigenvalue weighted by atomic mass is 10.1. The molecule has 14 heavy (non-hydrogen) atoms. The molecule has 0 saturated heterocycles. The van der Waals surface area contributed by atoms with Gasteiger partial charge in [-0.25, -0.2) is 0 Å². The monoisotopic (exact) mass is 209 g/mol. The van der Waals surface area contributed by atoms with Gasteiger partial charge in [-0.05, 0) is 43.9 Å². The molecule has 1 aliphatic carbocycles. The highest BCUT2D eigenvalue weighted by Crippen LogP contribution is 2.29. The maximum Gasteiger partial charge on any atom is 0.0453 e. The van der Waals surface area contributed by atoms with E-state index >= 15 is 0 Å². The number of hydrogen-bond acceptors (Lipinski definition) is 1. The van der Waals surface area contributed by atoms with Gasteiger partial charge in [-0.2, -0.15) is 0 Å². The van der Waals surface area contributed by atoms with E-state index in [-0.39, 0.29) is 0 Å². The summed E-state index contributed by atoms with van der Waals surface area (Å²) in [5.74, 6) is 0.917. The smallest absolute Gasteiger partial charge is 0.0453 e. The fraction of sp³-hybridized carbons (Fsp3) is 0.500. The van der Waals surface area contributed by atoms with Crippen molar-refractivity contribution in [2.45, 2.75) is 25.8 Å². The van der Waals surface area contributed by atoms with Crippen LogP contribution < -0.4 is 5.32 Å². The molecule has 76 valence electrons. The molecule has 0 radical (unpaired) electrons. The van der Waals surface area contributed by atoms with Crippen LogP contribution in [0.25, 0.3) is 0 Å². The van der Waals surface area contributed by atoms with E-state index in [1.165, 1.54) is 18.4 Å². The third-order valence-electron chi connectivity index (χ3n) is 2.78. The second kappa shape index (κ2) is 4.33. The van der Waals surface area contributed by atoms with Crippen LogP contribution in [-0.2, 0) is 0 Å². The Kier molecular flexibility index (Phi) is 3.09. The van der Waals surface area contributed by atoms with Crippen molar-refractivity contribution in [3.05, 3.63) is 34.9 Å². The minimum Gasteiger partial charge on any atom is -0.310 e.